The van der Waals surface area contributed by atoms with Crippen LogP contribution in [0.25, 0.3) is 0 Å². The summed E-state index contributed by atoms with van der Waals surface area (Å²) in [5.41, 5.74) is 1.17. The normalized spacial score (nSPS) is 9.83. The van der Waals surface area contributed by atoms with E-state index in [1.54, 1.807) is 7.11 Å². The number of ether oxygens (including phenoxy) is 1. The quantitative estimate of drug-likeness (QED) is 0.725. The molecule has 0 fully saturated rings. The van der Waals surface area contributed by atoms with Crippen molar-refractivity contribution in [3.63, 3.8) is 0 Å². The zero-order chi connectivity index (χ0) is 8.81. The number of methoxy groups -OCH3 is 1. The highest BCUT2D eigenvalue weighted by Crippen LogP contribution is 2.17. The molecule has 0 unspecified atom stereocenters. The van der Waals surface area contributed by atoms with Crippen LogP contribution in [0, 0.1) is 0 Å². The predicted molar refractivity (Wildman–Crippen MR) is 50.6 cm³/mol. The topological polar surface area (TPSA) is 21.3 Å². The van der Waals surface area contributed by atoms with Crippen LogP contribution in [-0.4, -0.2) is 13.7 Å². The molecule has 1 aromatic carbocycles. The van der Waals surface area contributed by atoms with Gasteiger partial charge in [-0.15, -0.1) is 0 Å². The maximum atomic E-state index is 5.36. The van der Waals surface area contributed by atoms with Crippen molar-refractivity contribution in [2.45, 2.75) is 6.42 Å². The fourth-order valence-electron chi connectivity index (χ4n) is 1.09. The molecule has 0 amide bonds. The van der Waals surface area contributed by atoms with Crippen LogP contribution in [0.4, 0.5) is 0 Å². The summed E-state index contributed by atoms with van der Waals surface area (Å²) in [6.45, 7) is 0.752. The molecule has 0 heterocycles. The molecule has 0 spiro atoms. The zero-order valence-corrected chi connectivity index (χ0v) is 7.77. The van der Waals surface area contributed by atoms with Crippen molar-refractivity contribution in [2.75, 3.05) is 13.7 Å². The van der Waals surface area contributed by atoms with Gasteiger partial charge in [-0.3, -0.25) is 0 Å². The molecule has 1 aromatic rings. The highest BCUT2D eigenvalue weighted by molar-refractivity contribution is 6.13. The van der Waals surface area contributed by atoms with Crippen LogP contribution in [-0.2, 0) is 6.42 Å². The smallest absolute Gasteiger partial charge is 0.122 e. The number of hydrogen-bond acceptors (Lipinski definition) is 2. The summed E-state index contributed by atoms with van der Waals surface area (Å²) in [7, 11) is 1.67. The van der Waals surface area contributed by atoms with Crippen molar-refractivity contribution in [1.82, 2.24) is 4.84 Å². The Morgan fingerprint density at radius 2 is 2.17 bits per heavy atom. The number of hydrogen-bond donors (Lipinski definition) is 1. The number of benzene rings is 1. The number of rotatable bonds is 4. The lowest BCUT2D eigenvalue weighted by Gasteiger charge is -2.06. The zero-order valence-electron chi connectivity index (χ0n) is 7.01. The molecule has 0 bridgehead atoms. The van der Waals surface area contributed by atoms with E-state index in [4.69, 9.17) is 16.5 Å². The first-order valence-electron chi connectivity index (χ1n) is 3.84. The van der Waals surface area contributed by atoms with E-state index in [1.807, 2.05) is 24.3 Å². The standard InChI is InChI=1S/C9H12ClNO/c1-12-9-5-3-2-4-8(9)6-7-11-10/h2-5,11H,6-7H2,1H3. The van der Waals surface area contributed by atoms with Gasteiger partial charge in [0, 0.05) is 6.54 Å². The van der Waals surface area contributed by atoms with Crippen LogP contribution in [0.5, 0.6) is 5.75 Å². The molecule has 0 saturated carbocycles. The molecule has 1 N–H and O–H groups in total. The Hall–Kier alpha value is -0.730. The Morgan fingerprint density at radius 3 is 2.83 bits per heavy atom. The molecule has 0 radical (unpaired) electrons. The molecule has 1 rings (SSSR count). The lowest BCUT2D eigenvalue weighted by molar-refractivity contribution is 0.409. The summed E-state index contributed by atoms with van der Waals surface area (Å²) in [6, 6.07) is 7.93. The van der Waals surface area contributed by atoms with Crippen LogP contribution in [0.1, 0.15) is 5.56 Å². The minimum absolute atomic E-state index is 0.752. The molecule has 0 aliphatic heterocycles. The van der Waals surface area contributed by atoms with Gasteiger partial charge in [-0.1, -0.05) is 18.2 Å². The fourth-order valence-corrected chi connectivity index (χ4v) is 1.19. The first-order valence-corrected chi connectivity index (χ1v) is 4.21. The predicted octanol–water partition coefficient (Wildman–Crippen LogP) is 1.98. The maximum Gasteiger partial charge on any atom is 0.122 e. The van der Waals surface area contributed by atoms with Gasteiger partial charge in [0.1, 0.15) is 5.75 Å². The van der Waals surface area contributed by atoms with Crippen LogP contribution in [0.15, 0.2) is 24.3 Å². The van der Waals surface area contributed by atoms with Gasteiger partial charge < -0.3 is 4.74 Å². The summed E-state index contributed by atoms with van der Waals surface area (Å²) in [5, 5.41) is 0. The third-order valence-corrected chi connectivity index (χ3v) is 1.87. The summed E-state index contributed by atoms with van der Waals surface area (Å²) in [6.07, 6.45) is 0.882. The average Bonchev–Trinajstić information content (AvgIpc) is 2.15. The van der Waals surface area contributed by atoms with E-state index in [0.717, 1.165) is 18.7 Å². The highest BCUT2D eigenvalue weighted by atomic mass is 35.5. The summed E-state index contributed by atoms with van der Waals surface area (Å²) >= 11 is 5.36. The van der Waals surface area contributed by atoms with Crippen molar-refractivity contribution < 1.29 is 4.74 Å². The minimum Gasteiger partial charge on any atom is -0.496 e. The monoisotopic (exact) mass is 185 g/mol. The first kappa shape index (κ1) is 9.36. The third kappa shape index (κ3) is 2.40. The lowest BCUT2D eigenvalue weighted by atomic mass is 10.1. The van der Waals surface area contributed by atoms with Gasteiger partial charge in [0.15, 0.2) is 0 Å². The van der Waals surface area contributed by atoms with E-state index in [2.05, 4.69) is 4.84 Å². The van der Waals surface area contributed by atoms with Gasteiger partial charge in [0.2, 0.25) is 0 Å². The van der Waals surface area contributed by atoms with Crippen LogP contribution in [0.3, 0.4) is 0 Å². The first-order chi connectivity index (χ1) is 5.88. The molecular weight excluding hydrogens is 174 g/mol. The van der Waals surface area contributed by atoms with Crippen LogP contribution >= 0.6 is 11.8 Å². The molecule has 0 aromatic heterocycles. The lowest BCUT2D eigenvalue weighted by Crippen LogP contribution is -2.05. The second kappa shape index (κ2) is 5.01. The second-order valence-electron chi connectivity index (χ2n) is 2.45. The molecule has 0 saturated heterocycles. The molecule has 2 nitrogen and oxygen atoms in total. The van der Waals surface area contributed by atoms with E-state index in [0.29, 0.717) is 0 Å². The molecular formula is C9H12ClNO. The van der Waals surface area contributed by atoms with Crippen LogP contribution < -0.4 is 9.57 Å². The van der Waals surface area contributed by atoms with Gasteiger partial charge in [-0.25, -0.2) is 4.84 Å². The number of halogens is 1. The molecule has 0 atom stereocenters. The van der Waals surface area contributed by atoms with E-state index in [-0.39, 0.29) is 0 Å². The Labute approximate surface area is 77.6 Å². The van der Waals surface area contributed by atoms with Crippen molar-refractivity contribution in [3.8, 4) is 5.75 Å². The van der Waals surface area contributed by atoms with Gasteiger partial charge in [-0.05, 0) is 29.8 Å². The summed E-state index contributed by atoms with van der Waals surface area (Å²) < 4.78 is 5.17. The number of nitrogens with one attached hydrogen (secondary N) is 1. The van der Waals surface area contributed by atoms with E-state index in [9.17, 15) is 0 Å². The van der Waals surface area contributed by atoms with Gasteiger partial charge in [-0.2, -0.15) is 0 Å². The Kier molecular flexibility index (Phi) is 3.91. The third-order valence-electron chi connectivity index (χ3n) is 1.68. The largest absolute Gasteiger partial charge is 0.496 e. The van der Waals surface area contributed by atoms with Gasteiger partial charge >= 0.3 is 0 Å². The van der Waals surface area contributed by atoms with Gasteiger partial charge in [0.25, 0.3) is 0 Å². The minimum atomic E-state index is 0.752. The van der Waals surface area contributed by atoms with Crippen molar-refractivity contribution in [2.24, 2.45) is 0 Å². The average molecular weight is 186 g/mol. The summed E-state index contributed by atoms with van der Waals surface area (Å²) in [5.74, 6) is 0.921. The Bertz CT molecular complexity index is 240. The fraction of sp³-hybridized carbons (Fsp3) is 0.333. The molecule has 0 aliphatic rings. The van der Waals surface area contributed by atoms with Crippen molar-refractivity contribution in [3.05, 3.63) is 29.8 Å². The maximum absolute atomic E-state index is 5.36. The van der Waals surface area contributed by atoms with Crippen LogP contribution in [0.2, 0.25) is 0 Å². The van der Waals surface area contributed by atoms with E-state index >= 15 is 0 Å². The Balaban J connectivity index is 2.68. The summed E-state index contributed by atoms with van der Waals surface area (Å²) in [4.78, 5) is 2.58. The van der Waals surface area contributed by atoms with Gasteiger partial charge in [0.05, 0.1) is 7.11 Å². The van der Waals surface area contributed by atoms with Crippen molar-refractivity contribution in [1.29, 1.82) is 0 Å². The number of para-hydroxylation sites is 1. The van der Waals surface area contributed by atoms with E-state index < -0.39 is 0 Å². The Morgan fingerprint density at radius 1 is 1.42 bits per heavy atom. The molecule has 3 heteroatoms. The SMILES string of the molecule is COc1ccccc1CCNCl. The molecule has 0 aliphatic carbocycles. The molecule has 66 valence electrons. The van der Waals surface area contributed by atoms with Crippen molar-refractivity contribution >= 4 is 11.8 Å². The second-order valence-corrected chi connectivity index (χ2v) is 2.71. The highest BCUT2D eigenvalue weighted by Gasteiger charge is 1.99. The van der Waals surface area contributed by atoms with E-state index in [1.165, 1.54) is 5.56 Å². The molecule has 12 heavy (non-hydrogen) atoms.